The summed E-state index contributed by atoms with van der Waals surface area (Å²) in [6, 6.07) is -0.990. The van der Waals surface area contributed by atoms with Gasteiger partial charge >= 0.3 is 18.1 Å². The molecule has 0 aliphatic carbocycles. The van der Waals surface area contributed by atoms with Crippen molar-refractivity contribution in [3.8, 4) is 0 Å². The average Bonchev–Trinajstić information content (AvgIpc) is 3.04. The van der Waals surface area contributed by atoms with E-state index in [0.29, 0.717) is 25.3 Å². The monoisotopic (exact) mass is 434 g/mol. The fraction of sp³-hybridized carbons (Fsp3) is 0.650. The second-order valence-electron chi connectivity index (χ2n) is 7.13. The van der Waals surface area contributed by atoms with Gasteiger partial charge in [-0.05, 0) is 25.7 Å². The number of alkyl halides is 3. The third-order valence-corrected chi connectivity index (χ3v) is 4.75. The number of carbonyl (C=O) groups is 3. The molecule has 2 unspecified atom stereocenters. The molecule has 1 saturated heterocycles. The summed E-state index contributed by atoms with van der Waals surface area (Å²) < 4.78 is 47.0. The van der Waals surface area contributed by atoms with Crippen molar-refractivity contribution in [1.82, 2.24) is 10.2 Å². The summed E-state index contributed by atoms with van der Waals surface area (Å²) in [6.07, 6.45) is 1.56. The van der Waals surface area contributed by atoms with Gasteiger partial charge in [0.25, 0.3) is 0 Å². The van der Waals surface area contributed by atoms with Crippen LogP contribution < -0.4 is 5.32 Å². The topological polar surface area (TPSA) is 84.9 Å². The van der Waals surface area contributed by atoms with Crippen molar-refractivity contribution in [3.05, 3.63) is 24.1 Å². The molecule has 1 rings (SSSR count). The maximum Gasteiger partial charge on any atom is 0.491 e. The first kappa shape index (κ1) is 25.7. The lowest BCUT2D eigenvalue weighted by Crippen LogP contribution is -2.42. The predicted molar refractivity (Wildman–Crippen MR) is 103 cm³/mol. The molecule has 0 aromatic carbocycles. The van der Waals surface area contributed by atoms with E-state index in [1.165, 1.54) is 20.2 Å². The summed E-state index contributed by atoms with van der Waals surface area (Å²) in [7, 11) is 1.46. The fourth-order valence-corrected chi connectivity index (χ4v) is 3.49. The summed E-state index contributed by atoms with van der Waals surface area (Å²) in [5.41, 5.74) is 0. The molecule has 1 aliphatic heterocycles. The number of amides is 1. The van der Waals surface area contributed by atoms with Crippen LogP contribution in [0.15, 0.2) is 24.1 Å². The van der Waals surface area contributed by atoms with Crippen LogP contribution in [0.1, 0.15) is 40.0 Å². The molecule has 30 heavy (non-hydrogen) atoms. The SMILES string of the molecule is CC=CC1CC(C(=O)OC(=O)C(F)(F)F)N(C[C@@H](CCC)C(=CNC(C)=O)OC)C1. The Labute approximate surface area is 174 Å². The number of nitrogens with one attached hydrogen (secondary N) is 1. The third kappa shape index (κ3) is 7.81. The molecule has 1 aliphatic rings. The van der Waals surface area contributed by atoms with Gasteiger partial charge in [-0.1, -0.05) is 25.5 Å². The second kappa shape index (κ2) is 11.7. The minimum absolute atomic E-state index is 0.0684. The zero-order valence-electron chi connectivity index (χ0n) is 17.6. The number of likely N-dealkylation sites (tertiary alicyclic amines) is 1. The Kier molecular flexibility index (Phi) is 10.0. The van der Waals surface area contributed by atoms with Crippen LogP contribution in [0.3, 0.4) is 0 Å². The Morgan fingerprint density at radius 2 is 1.97 bits per heavy atom. The highest BCUT2D eigenvalue weighted by atomic mass is 19.4. The van der Waals surface area contributed by atoms with Crippen LogP contribution in [-0.4, -0.2) is 55.2 Å². The molecule has 1 amide bonds. The Hall–Kier alpha value is -2.36. The predicted octanol–water partition coefficient (Wildman–Crippen LogP) is 2.93. The van der Waals surface area contributed by atoms with E-state index in [2.05, 4.69) is 10.1 Å². The number of ether oxygens (including phenoxy) is 2. The summed E-state index contributed by atoms with van der Waals surface area (Å²) in [5, 5.41) is 2.55. The molecular weight excluding hydrogens is 405 g/mol. The smallest absolute Gasteiger partial charge is 0.491 e. The standard InChI is InChI=1S/C20H29F3N2O5/c1-5-7-14-9-16(18(27)30-19(28)20(21,22)23)25(11-14)12-15(8-6-2)17(29-4)10-24-13(3)26/h5,7,10,14-16H,6,8-9,11-12H2,1-4H3,(H,24,26)/t14?,15-,16?/m1/s1. The van der Waals surface area contributed by atoms with Crippen molar-refractivity contribution in [1.29, 1.82) is 0 Å². The van der Waals surface area contributed by atoms with E-state index in [1.807, 2.05) is 19.9 Å². The minimum Gasteiger partial charge on any atom is -0.499 e. The Balaban J connectivity index is 3.05. The van der Waals surface area contributed by atoms with Gasteiger partial charge in [-0.25, -0.2) is 9.59 Å². The lowest BCUT2D eigenvalue weighted by Gasteiger charge is -2.28. The van der Waals surface area contributed by atoms with Gasteiger partial charge in [-0.3, -0.25) is 9.69 Å². The van der Waals surface area contributed by atoms with E-state index in [0.717, 1.165) is 6.42 Å². The van der Waals surface area contributed by atoms with Gasteiger partial charge in [0.1, 0.15) is 11.8 Å². The van der Waals surface area contributed by atoms with Crippen LogP contribution in [0, 0.1) is 11.8 Å². The first-order valence-electron chi connectivity index (χ1n) is 9.74. The molecule has 0 aromatic rings. The first-order chi connectivity index (χ1) is 14.0. The Morgan fingerprint density at radius 3 is 2.47 bits per heavy atom. The van der Waals surface area contributed by atoms with Crippen LogP contribution in [0.25, 0.3) is 0 Å². The number of allylic oxidation sites excluding steroid dienone is 1. The zero-order chi connectivity index (χ0) is 22.9. The third-order valence-electron chi connectivity index (χ3n) is 4.75. The van der Waals surface area contributed by atoms with Crippen LogP contribution >= 0.6 is 0 Å². The zero-order valence-corrected chi connectivity index (χ0v) is 17.6. The van der Waals surface area contributed by atoms with Gasteiger partial charge in [0, 0.05) is 32.1 Å². The molecular formula is C20H29F3N2O5. The number of esters is 2. The number of methoxy groups -OCH3 is 1. The van der Waals surface area contributed by atoms with Crippen molar-refractivity contribution in [2.45, 2.75) is 52.3 Å². The first-order valence-corrected chi connectivity index (χ1v) is 9.74. The number of nitrogens with zero attached hydrogens (tertiary/aromatic N) is 1. The van der Waals surface area contributed by atoms with Crippen molar-refractivity contribution in [3.63, 3.8) is 0 Å². The van der Waals surface area contributed by atoms with Crippen molar-refractivity contribution >= 4 is 17.8 Å². The van der Waals surface area contributed by atoms with Crippen LogP contribution in [-0.2, 0) is 23.9 Å². The van der Waals surface area contributed by atoms with Crippen molar-refractivity contribution in [2.75, 3.05) is 20.2 Å². The number of hydrogen-bond donors (Lipinski definition) is 1. The second-order valence-corrected chi connectivity index (χ2v) is 7.13. The minimum atomic E-state index is -5.24. The lowest BCUT2D eigenvalue weighted by molar-refractivity contribution is -0.203. The van der Waals surface area contributed by atoms with Crippen LogP contribution in [0.5, 0.6) is 0 Å². The number of halogens is 3. The Bertz CT molecular complexity index is 676. The summed E-state index contributed by atoms with van der Waals surface area (Å²) in [6.45, 7) is 5.83. The number of rotatable bonds is 9. The highest BCUT2D eigenvalue weighted by Crippen LogP contribution is 2.30. The van der Waals surface area contributed by atoms with Gasteiger partial charge in [0.05, 0.1) is 7.11 Å². The lowest BCUT2D eigenvalue weighted by atomic mass is 10.00. The molecule has 0 bridgehead atoms. The Morgan fingerprint density at radius 1 is 1.30 bits per heavy atom. The normalized spacial score (nSPS) is 21.5. The van der Waals surface area contributed by atoms with Crippen LogP contribution in [0.2, 0.25) is 0 Å². The molecule has 0 spiro atoms. The van der Waals surface area contributed by atoms with Gasteiger partial charge in [-0.15, -0.1) is 0 Å². The molecule has 0 radical (unpaired) electrons. The van der Waals surface area contributed by atoms with Crippen molar-refractivity contribution < 1.29 is 37.0 Å². The summed E-state index contributed by atoms with van der Waals surface area (Å²) in [5.74, 6) is -3.81. The van der Waals surface area contributed by atoms with Crippen LogP contribution in [0.4, 0.5) is 13.2 Å². The molecule has 1 N–H and O–H groups in total. The fourth-order valence-electron chi connectivity index (χ4n) is 3.49. The molecule has 7 nitrogen and oxygen atoms in total. The van der Waals surface area contributed by atoms with Gasteiger partial charge < -0.3 is 14.8 Å². The molecule has 3 atom stereocenters. The molecule has 0 saturated carbocycles. The average molecular weight is 434 g/mol. The largest absolute Gasteiger partial charge is 0.499 e. The maximum atomic E-state index is 12.5. The van der Waals surface area contributed by atoms with E-state index in [9.17, 15) is 27.6 Å². The number of hydrogen-bond acceptors (Lipinski definition) is 6. The molecule has 0 aromatic heterocycles. The van der Waals surface area contributed by atoms with Gasteiger partial charge in [0.2, 0.25) is 5.91 Å². The van der Waals surface area contributed by atoms with E-state index < -0.39 is 24.2 Å². The highest BCUT2D eigenvalue weighted by molar-refractivity contribution is 5.91. The van der Waals surface area contributed by atoms with E-state index in [-0.39, 0.29) is 24.2 Å². The van der Waals surface area contributed by atoms with Crippen molar-refractivity contribution in [2.24, 2.45) is 11.8 Å². The highest BCUT2D eigenvalue weighted by Gasteiger charge is 2.45. The molecule has 170 valence electrons. The summed E-state index contributed by atoms with van der Waals surface area (Å²) in [4.78, 5) is 36.4. The molecule has 10 heteroatoms. The molecule has 1 fully saturated rings. The van der Waals surface area contributed by atoms with E-state index in [1.54, 1.807) is 11.0 Å². The number of carbonyl (C=O) groups excluding carboxylic acids is 3. The maximum absolute atomic E-state index is 12.5. The quantitative estimate of drug-likeness (QED) is 0.260. The molecule has 1 heterocycles. The summed E-state index contributed by atoms with van der Waals surface area (Å²) >= 11 is 0. The van der Waals surface area contributed by atoms with Gasteiger partial charge in [-0.2, -0.15) is 13.2 Å². The van der Waals surface area contributed by atoms with E-state index >= 15 is 0 Å². The van der Waals surface area contributed by atoms with Gasteiger partial charge in [0.15, 0.2) is 0 Å². The van der Waals surface area contributed by atoms with E-state index in [4.69, 9.17) is 4.74 Å².